The first-order valence-corrected chi connectivity index (χ1v) is 10.3. The lowest BCUT2D eigenvalue weighted by atomic mass is 10.1. The first kappa shape index (κ1) is 19.9. The highest BCUT2D eigenvalue weighted by Crippen LogP contribution is 2.25. The summed E-state index contributed by atoms with van der Waals surface area (Å²) in [5.74, 6) is -0.660. The molecule has 1 heterocycles. The fraction of sp³-hybridized carbons (Fsp3) is 0.286. The van der Waals surface area contributed by atoms with Crippen LogP contribution in [0.2, 0.25) is 0 Å². The van der Waals surface area contributed by atoms with Gasteiger partial charge in [0.15, 0.2) is 0 Å². The zero-order valence-corrected chi connectivity index (χ0v) is 16.7. The molecule has 1 N–H and O–H groups in total. The van der Waals surface area contributed by atoms with Crippen LogP contribution in [-0.4, -0.2) is 36.5 Å². The minimum atomic E-state index is -0.590. The van der Waals surface area contributed by atoms with Crippen molar-refractivity contribution in [1.82, 2.24) is 5.32 Å². The first-order chi connectivity index (χ1) is 13.6. The van der Waals surface area contributed by atoms with E-state index in [4.69, 9.17) is 4.74 Å². The Morgan fingerprint density at radius 2 is 1.89 bits per heavy atom. The van der Waals surface area contributed by atoms with E-state index in [1.165, 1.54) is 4.90 Å². The van der Waals surface area contributed by atoms with E-state index in [1.807, 2.05) is 60.9 Å². The number of benzene rings is 2. The van der Waals surface area contributed by atoms with Gasteiger partial charge in [-0.25, -0.2) is 4.79 Å². The molecule has 0 saturated carbocycles. The molecule has 2 aromatic rings. The highest BCUT2D eigenvalue weighted by molar-refractivity contribution is 7.98. The first-order valence-electron chi connectivity index (χ1n) is 9.12. The molecule has 1 amide bonds. The summed E-state index contributed by atoms with van der Waals surface area (Å²) in [4.78, 5) is 26.2. The van der Waals surface area contributed by atoms with Gasteiger partial charge in [-0.3, -0.25) is 9.80 Å². The third kappa shape index (κ3) is 4.72. The van der Waals surface area contributed by atoms with Crippen molar-refractivity contribution < 1.29 is 14.3 Å². The maximum Gasteiger partial charge on any atom is 0.354 e. The molecule has 0 spiro atoms. The van der Waals surface area contributed by atoms with Gasteiger partial charge in [0, 0.05) is 17.9 Å². The van der Waals surface area contributed by atoms with Crippen LogP contribution >= 0.6 is 11.8 Å². The molecule has 3 rings (SSSR count). The third-order valence-corrected chi connectivity index (χ3v) is 5.11. The van der Waals surface area contributed by atoms with Gasteiger partial charge in [0.05, 0.1) is 12.3 Å². The number of nitrogens with zero attached hydrogens (tertiary/aromatic N) is 2. The molecular formula is C21H23N3O3S. The minimum Gasteiger partial charge on any atom is -0.461 e. The van der Waals surface area contributed by atoms with Crippen LogP contribution in [0.3, 0.4) is 0 Å². The molecule has 1 aliphatic rings. The fourth-order valence-corrected chi connectivity index (χ4v) is 3.33. The Bertz CT molecular complexity index is 853. The number of ether oxygens (including phenoxy) is 1. The van der Waals surface area contributed by atoms with Crippen LogP contribution < -0.4 is 10.3 Å². The highest BCUT2D eigenvalue weighted by atomic mass is 32.2. The molecule has 0 saturated heterocycles. The second kappa shape index (κ2) is 9.41. The summed E-state index contributed by atoms with van der Waals surface area (Å²) < 4.78 is 5.06. The lowest BCUT2D eigenvalue weighted by molar-refractivity contribution is -0.135. The van der Waals surface area contributed by atoms with Gasteiger partial charge in [0.1, 0.15) is 11.8 Å². The van der Waals surface area contributed by atoms with Crippen LogP contribution in [0.4, 0.5) is 5.69 Å². The monoisotopic (exact) mass is 397 g/mol. The molecule has 1 aliphatic heterocycles. The number of thioether (sulfide) groups is 1. The fourth-order valence-electron chi connectivity index (χ4n) is 2.92. The van der Waals surface area contributed by atoms with Gasteiger partial charge in [0.2, 0.25) is 5.91 Å². The number of carbonyl (C=O) groups excluding carboxylic acids is 2. The number of nitrogens with one attached hydrogen (secondary N) is 1. The van der Waals surface area contributed by atoms with Crippen LogP contribution in [0, 0.1) is 0 Å². The maximum absolute atomic E-state index is 12.9. The number of rotatable bonds is 7. The summed E-state index contributed by atoms with van der Waals surface area (Å²) in [6.07, 6.45) is 2.24. The van der Waals surface area contributed by atoms with Crippen molar-refractivity contribution in [3.05, 3.63) is 60.2 Å². The molecular weight excluding hydrogens is 374 g/mol. The number of hydrogen-bond acceptors (Lipinski definition) is 6. The van der Waals surface area contributed by atoms with Crippen LogP contribution in [0.15, 0.2) is 64.6 Å². The van der Waals surface area contributed by atoms with E-state index in [0.717, 1.165) is 11.3 Å². The van der Waals surface area contributed by atoms with Gasteiger partial charge >= 0.3 is 5.97 Å². The zero-order valence-electron chi connectivity index (χ0n) is 15.9. The van der Waals surface area contributed by atoms with Crippen molar-refractivity contribution in [2.24, 2.45) is 5.10 Å². The molecule has 2 aromatic carbocycles. The summed E-state index contributed by atoms with van der Waals surface area (Å²) in [6, 6.07) is 16.8. The van der Waals surface area contributed by atoms with Crippen molar-refractivity contribution in [1.29, 1.82) is 0 Å². The predicted octanol–water partition coefficient (Wildman–Crippen LogP) is 3.22. The van der Waals surface area contributed by atoms with Gasteiger partial charge in [-0.1, -0.05) is 30.3 Å². The van der Waals surface area contributed by atoms with Crippen LogP contribution in [0.25, 0.3) is 0 Å². The van der Waals surface area contributed by atoms with E-state index in [0.29, 0.717) is 6.54 Å². The maximum atomic E-state index is 12.9. The molecule has 0 aliphatic carbocycles. The van der Waals surface area contributed by atoms with Gasteiger partial charge in [-0.05, 0) is 43.0 Å². The van der Waals surface area contributed by atoms with E-state index < -0.39 is 12.0 Å². The van der Waals surface area contributed by atoms with E-state index in [2.05, 4.69) is 10.4 Å². The molecule has 0 aromatic heterocycles. The molecule has 146 valence electrons. The standard InChI is InChI=1S/C21H23N3O3S/c1-3-27-21(26)18-13-19(24(23-18)16-7-5-4-6-8-16)20(25)22-14-15-9-11-17(28-2)12-10-15/h4-12,19H,3,13-14H2,1-2H3,(H,22,25). The average Bonchev–Trinajstić information content (AvgIpc) is 3.19. The summed E-state index contributed by atoms with van der Waals surface area (Å²) in [7, 11) is 0. The SMILES string of the molecule is CCOC(=O)C1=NN(c2ccccc2)C(C(=O)NCc2ccc(SC)cc2)C1. The lowest BCUT2D eigenvalue weighted by Gasteiger charge is -2.22. The molecule has 28 heavy (non-hydrogen) atoms. The van der Waals surface area contributed by atoms with Gasteiger partial charge < -0.3 is 10.1 Å². The molecule has 7 heteroatoms. The van der Waals surface area contributed by atoms with Gasteiger partial charge in [-0.2, -0.15) is 5.10 Å². The topological polar surface area (TPSA) is 71.0 Å². The van der Waals surface area contributed by atoms with Crippen molar-refractivity contribution in [2.75, 3.05) is 17.9 Å². The number of anilines is 1. The Hall–Kier alpha value is -2.80. The Labute approximate surface area is 169 Å². The average molecular weight is 398 g/mol. The summed E-state index contributed by atoms with van der Waals surface area (Å²) >= 11 is 1.67. The largest absolute Gasteiger partial charge is 0.461 e. The number of amides is 1. The van der Waals surface area contributed by atoms with E-state index in [9.17, 15) is 9.59 Å². The number of carbonyl (C=O) groups is 2. The second-order valence-electron chi connectivity index (χ2n) is 6.23. The summed E-state index contributed by atoms with van der Waals surface area (Å²) in [5, 5.41) is 8.92. The van der Waals surface area contributed by atoms with Crippen LogP contribution in [0.1, 0.15) is 18.9 Å². The zero-order chi connectivity index (χ0) is 19.9. The highest BCUT2D eigenvalue weighted by Gasteiger charge is 2.36. The van der Waals surface area contributed by atoms with Crippen molar-refractivity contribution in [3.63, 3.8) is 0 Å². The smallest absolute Gasteiger partial charge is 0.354 e. The van der Waals surface area contributed by atoms with Crippen molar-refractivity contribution in [2.45, 2.75) is 30.8 Å². The number of esters is 1. The quantitative estimate of drug-likeness (QED) is 0.574. The van der Waals surface area contributed by atoms with Crippen LogP contribution in [0.5, 0.6) is 0 Å². The Kier molecular flexibility index (Phi) is 6.71. The molecule has 0 fully saturated rings. The molecule has 0 radical (unpaired) electrons. The second-order valence-corrected chi connectivity index (χ2v) is 7.11. The number of para-hydroxylation sites is 1. The Morgan fingerprint density at radius 1 is 1.18 bits per heavy atom. The van der Waals surface area contributed by atoms with Gasteiger partial charge in [0.25, 0.3) is 0 Å². The van der Waals surface area contributed by atoms with Crippen molar-refractivity contribution >= 4 is 35.0 Å². The molecule has 1 atom stereocenters. The third-order valence-electron chi connectivity index (χ3n) is 4.37. The molecule has 1 unspecified atom stereocenters. The lowest BCUT2D eigenvalue weighted by Crippen LogP contribution is -2.42. The minimum absolute atomic E-state index is 0.180. The van der Waals surface area contributed by atoms with E-state index >= 15 is 0 Å². The molecule has 0 bridgehead atoms. The summed E-state index contributed by atoms with van der Waals surface area (Å²) in [5.41, 5.74) is 2.03. The van der Waals surface area contributed by atoms with E-state index in [-0.39, 0.29) is 24.6 Å². The van der Waals surface area contributed by atoms with Gasteiger partial charge in [-0.15, -0.1) is 11.8 Å². The predicted molar refractivity (Wildman–Crippen MR) is 111 cm³/mol. The molecule has 6 nitrogen and oxygen atoms in total. The van der Waals surface area contributed by atoms with Crippen molar-refractivity contribution in [3.8, 4) is 0 Å². The summed E-state index contributed by atoms with van der Waals surface area (Å²) in [6.45, 7) is 2.43. The number of hydrogen-bond donors (Lipinski definition) is 1. The van der Waals surface area contributed by atoms with E-state index in [1.54, 1.807) is 23.7 Å². The number of hydrazone groups is 1. The normalized spacial score (nSPS) is 15.9. The Balaban J connectivity index is 1.72. The Morgan fingerprint density at radius 3 is 2.54 bits per heavy atom. The van der Waals surface area contributed by atoms with Crippen LogP contribution in [-0.2, 0) is 20.9 Å².